The Labute approximate surface area is 153 Å². The zero-order valence-corrected chi connectivity index (χ0v) is 17.1. The van der Waals surface area contributed by atoms with Crippen LogP contribution in [-0.4, -0.2) is 55.2 Å². The van der Waals surface area contributed by atoms with Gasteiger partial charge >= 0.3 is 0 Å². The van der Waals surface area contributed by atoms with Crippen molar-refractivity contribution in [1.82, 2.24) is 15.5 Å². The van der Waals surface area contributed by atoms with Crippen LogP contribution >= 0.6 is 0 Å². The molecule has 0 aromatic heterocycles. The van der Waals surface area contributed by atoms with E-state index >= 15 is 0 Å². The molecule has 0 aliphatic heterocycles. The van der Waals surface area contributed by atoms with Crippen LogP contribution in [0.15, 0.2) is 0 Å². The summed E-state index contributed by atoms with van der Waals surface area (Å²) in [5.41, 5.74) is 0. The maximum Gasteiger partial charge on any atom is 0.245 e. The van der Waals surface area contributed by atoms with Gasteiger partial charge in [-0.05, 0) is 37.6 Å². The van der Waals surface area contributed by atoms with Crippen LogP contribution in [0.25, 0.3) is 0 Å². The van der Waals surface area contributed by atoms with Crippen molar-refractivity contribution in [3.8, 4) is 0 Å². The molecule has 3 atom stereocenters. The molecule has 0 bridgehead atoms. The summed E-state index contributed by atoms with van der Waals surface area (Å²) < 4.78 is 0. The van der Waals surface area contributed by atoms with E-state index in [1.165, 1.54) is 4.90 Å². The lowest BCUT2D eigenvalue weighted by molar-refractivity contribution is -0.138. The molecule has 145 valence electrons. The highest BCUT2D eigenvalue weighted by molar-refractivity contribution is 5.91. The number of nitrogens with one attached hydrogen (secondary N) is 2. The zero-order chi connectivity index (χ0) is 19.7. The molecule has 1 radical (unpaired) electrons. The van der Waals surface area contributed by atoms with Crippen molar-refractivity contribution in [2.45, 2.75) is 72.5 Å². The van der Waals surface area contributed by atoms with Gasteiger partial charge in [0.25, 0.3) is 0 Å². The smallest absolute Gasteiger partial charge is 0.245 e. The predicted molar refractivity (Wildman–Crippen MR) is 101 cm³/mol. The summed E-state index contributed by atoms with van der Waals surface area (Å²) in [5, 5.41) is 5.87. The van der Waals surface area contributed by atoms with Gasteiger partial charge in [0.2, 0.25) is 18.1 Å². The Balaban J connectivity index is 5.17. The molecule has 0 saturated carbocycles. The van der Waals surface area contributed by atoms with E-state index in [4.69, 9.17) is 0 Å². The Hall–Kier alpha value is -1.43. The summed E-state index contributed by atoms with van der Waals surface area (Å²) in [5.74, 6) is 0.110. The van der Waals surface area contributed by atoms with E-state index in [1.807, 2.05) is 47.8 Å². The Bertz CT molecular complexity index is 436. The van der Waals surface area contributed by atoms with E-state index in [0.717, 1.165) is 0 Å². The van der Waals surface area contributed by atoms with Gasteiger partial charge in [-0.2, -0.15) is 0 Å². The van der Waals surface area contributed by atoms with Gasteiger partial charge < -0.3 is 15.5 Å². The maximum atomic E-state index is 12.8. The van der Waals surface area contributed by atoms with Crippen LogP contribution in [0.3, 0.4) is 0 Å². The number of rotatable bonds is 11. The Kier molecular flexibility index (Phi) is 10.6. The van der Waals surface area contributed by atoms with Crippen LogP contribution in [0.1, 0.15) is 54.4 Å². The predicted octanol–water partition coefficient (Wildman–Crippen LogP) is 1.74. The standard InChI is InChI=1S/C19H36N3O3/c1-12(2)9-15(11-23)22(8)19(25)17(14(5)6)21-18(24)16(20-7)10-13(3)4/h12-17,20H,9-10H2,1-8H3,(H,21,24)/t15?,16-,17-/m0/s1. The van der Waals surface area contributed by atoms with Gasteiger partial charge in [0, 0.05) is 7.05 Å². The average Bonchev–Trinajstić information content (AvgIpc) is 2.52. The van der Waals surface area contributed by atoms with Crippen LogP contribution < -0.4 is 10.6 Å². The van der Waals surface area contributed by atoms with Gasteiger partial charge in [-0.15, -0.1) is 0 Å². The third-order valence-corrected chi connectivity index (χ3v) is 4.25. The third-order valence-electron chi connectivity index (χ3n) is 4.25. The van der Waals surface area contributed by atoms with Crippen LogP contribution in [0, 0.1) is 17.8 Å². The summed E-state index contributed by atoms with van der Waals surface area (Å²) in [6, 6.07) is -1.60. The highest BCUT2D eigenvalue weighted by atomic mass is 16.2. The van der Waals surface area contributed by atoms with Crippen molar-refractivity contribution in [3.05, 3.63) is 0 Å². The number of carbonyl (C=O) groups is 2. The molecule has 0 aromatic rings. The molecule has 2 amide bonds. The lowest BCUT2D eigenvalue weighted by Gasteiger charge is -2.31. The lowest BCUT2D eigenvalue weighted by atomic mass is 9.98. The minimum absolute atomic E-state index is 0.0817. The quantitative estimate of drug-likeness (QED) is 0.592. The number of carbonyl (C=O) groups excluding carboxylic acids is 3. The molecule has 0 saturated heterocycles. The molecule has 0 aliphatic carbocycles. The molecule has 25 heavy (non-hydrogen) atoms. The Morgan fingerprint density at radius 2 is 1.52 bits per heavy atom. The largest absolute Gasteiger partial charge is 0.343 e. The van der Waals surface area contributed by atoms with Gasteiger partial charge in [-0.3, -0.25) is 14.4 Å². The fraction of sp³-hybridized carbons (Fsp3) is 0.842. The lowest BCUT2D eigenvalue weighted by Crippen LogP contribution is -2.56. The summed E-state index contributed by atoms with van der Waals surface area (Å²) in [7, 11) is 3.34. The molecule has 2 N–H and O–H groups in total. The van der Waals surface area contributed by atoms with Gasteiger partial charge in [0.1, 0.15) is 6.04 Å². The van der Waals surface area contributed by atoms with E-state index in [9.17, 15) is 14.4 Å². The van der Waals surface area contributed by atoms with Crippen LogP contribution in [0.2, 0.25) is 0 Å². The topological polar surface area (TPSA) is 78.5 Å². The summed E-state index contributed by atoms with van der Waals surface area (Å²) in [4.78, 5) is 38.1. The van der Waals surface area contributed by atoms with Crippen molar-refractivity contribution in [3.63, 3.8) is 0 Å². The third kappa shape index (κ3) is 7.99. The number of likely N-dealkylation sites (N-methyl/N-ethyl adjacent to an activating group) is 2. The average molecular weight is 355 g/mol. The SMILES string of the molecule is CN[C@@H](CC(C)C)C(=O)N[C@H](C(=O)N(C)C([C]=O)CC(C)C)C(C)C. The first-order chi connectivity index (χ1) is 11.5. The first kappa shape index (κ1) is 23.6. The van der Waals surface area contributed by atoms with E-state index in [0.29, 0.717) is 18.8 Å². The van der Waals surface area contributed by atoms with Crippen molar-refractivity contribution in [2.75, 3.05) is 14.1 Å². The molecule has 6 nitrogen and oxygen atoms in total. The Morgan fingerprint density at radius 3 is 1.88 bits per heavy atom. The molecule has 0 fully saturated rings. The number of hydrogen-bond donors (Lipinski definition) is 2. The van der Waals surface area contributed by atoms with Crippen molar-refractivity contribution in [2.24, 2.45) is 17.8 Å². The monoisotopic (exact) mass is 354 g/mol. The highest BCUT2D eigenvalue weighted by Crippen LogP contribution is 2.13. The summed E-state index contributed by atoms with van der Waals surface area (Å²) >= 11 is 0. The first-order valence-electron chi connectivity index (χ1n) is 9.17. The van der Waals surface area contributed by atoms with E-state index in [-0.39, 0.29) is 29.7 Å². The van der Waals surface area contributed by atoms with Crippen LogP contribution in [0.5, 0.6) is 0 Å². The first-order valence-corrected chi connectivity index (χ1v) is 9.17. The van der Waals surface area contributed by atoms with E-state index < -0.39 is 12.1 Å². The van der Waals surface area contributed by atoms with E-state index in [1.54, 1.807) is 14.1 Å². The molecular weight excluding hydrogens is 318 g/mol. The second kappa shape index (κ2) is 11.2. The Morgan fingerprint density at radius 1 is 1.00 bits per heavy atom. The molecule has 1 unspecified atom stereocenters. The molecule has 0 aliphatic rings. The number of nitrogens with zero attached hydrogens (tertiary/aromatic N) is 1. The molecule has 0 spiro atoms. The van der Waals surface area contributed by atoms with Crippen LogP contribution in [-0.2, 0) is 14.4 Å². The number of amides is 2. The van der Waals surface area contributed by atoms with Crippen molar-refractivity contribution < 1.29 is 14.4 Å². The molecule has 0 rings (SSSR count). The fourth-order valence-electron chi connectivity index (χ4n) is 2.70. The zero-order valence-electron chi connectivity index (χ0n) is 17.1. The van der Waals surface area contributed by atoms with Gasteiger partial charge in [0.05, 0.1) is 12.1 Å². The minimum Gasteiger partial charge on any atom is -0.343 e. The molecule has 0 aromatic carbocycles. The molecule has 6 heteroatoms. The minimum atomic E-state index is -0.663. The fourth-order valence-corrected chi connectivity index (χ4v) is 2.70. The molecule has 0 heterocycles. The van der Waals surface area contributed by atoms with E-state index in [2.05, 4.69) is 10.6 Å². The maximum absolute atomic E-state index is 12.8. The second-order valence-electron chi connectivity index (χ2n) is 7.91. The summed E-state index contributed by atoms with van der Waals surface area (Å²) in [6.45, 7) is 11.9. The van der Waals surface area contributed by atoms with Crippen molar-refractivity contribution in [1.29, 1.82) is 0 Å². The van der Waals surface area contributed by atoms with Crippen LogP contribution in [0.4, 0.5) is 0 Å². The normalized spacial score (nSPS) is 15.2. The summed E-state index contributed by atoms with van der Waals surface area (Å²) in [6.07, 6.45) is 3.19. The second-order valence-corrected chi connectivity index (χ2v) is 7.91. The van der Waals surface area contributed by atoms with Gasteiger partial charge in [-0.1, -0.05) is 41.5 Å². The van der Waals surface area contributed by atoms with Gasteiger partial charge in [0.15, 0.2) is 0 Å². The molecular formula is C19H36N3O3. The number of hydrogen-bond acceptors (Lipinski definition) is 4. The highest BCUT2D eigenvalue weighted by Gasteiger charge is 2.32. The van der Waals surface area contributed by atoms with Gasteiger partial charge in [-0.25, -0.2) is 0 Å². The van der Waals surface area contributed by atoms with Crippen molar-refractivity contribution >= 4 is 18.1 Å².